The highest BCUT2D eigenvalue weighted by atomic mass is 19.2. The van der Waals surface area contributed by atoms with Crippen LogP contribution in [0, 0.1) is 23.4 Å². The Morgan fingerprint density at radius 1 is 1.28 bits per heavy atom. The van der Waals surface area contributed by atoms with Gasteiger partial charge in [0.2, 0.25) is 0 Å². The molecule has 1 amide bonds. The predicted octanol–water partition coefficient (Wildman–Crippen LogP) is 3.22. The van der Waals surface area contributed by atoms with Gasteiger partial charge in [-0.05, 0) is 18.1 Å². The zero-order chi connectivity index (χ0) is 13.9. The number of rotatable bonds is 4. The van der Waals surface area contributed by atoms with Crippen LogP contribution in [0.25, 0.3) is 0 Å². The SMILES string of the molecule is CCC(C)CN(C)C(=O)c1cc(F)c(F)c(F)c1. The summed E-state index contributed by atoms with van der Waals surface area (Å²) in [7, 11) is 1.55. The van der Waals surface area contributed by atoms with Crippen LogP contribution in [-0.2, 0) is 0 Å². The van der Waals surface area contributed by atoms with Gasteiger partial charge in [0.05, 0.1) is 0 Å². The third-order valence-electron chi connectivity index (χ3n) is 2.86. The summed E-state index contributed by atoms with van der Waals surface area (Å²) in [6, 6.07) is 1.43. The Hall–Kier alpha value is -1.52. The van der Waals surface area contributed by atoms with Crippen molar-refractivity contribution >= 4 is 5.91 Å². The lowest BCUT2D eigenvalue weighted by Gasteiger charge is -2.20. The molecule has 0 bridgehead atoms. The molecule has 0 spiro atoms. The fraction of sp³-hybridized carbons (Fsp3) is 0.462. The molecule has 1 rings (SSSR count). The van der Waals surface area contributed by atoms with Gasteiger partial charge in [0.1, 0.15) is 0 Å². The fourth-order valence-electron chi connectivity index (χ4n) is 1.58. The van der Waals surface area contributed by atoms with Gasteiger partial charge in [0.25, 0.3) is 5.91 Å². The summed E-state index contributed by atoms with van der Waals surface area (Å²) in [5, 5.41) is 0. The molecular formula is C13H16F3NO. The highest BCUT2D eigenvalue weighted by Gasteiger charge is 2.18. The van der Waals surface area contributed by atoms with Crippen LogP contribution in [0.5, 0.6) is 0 Å². The first-order valence-corrected chi connectivity index (χ1v) is 5.76. The van der Waals surface area contributed by atoms with Crippen molar-refractivity contribution in [2.75, 3.05) is 13.6 Å². The van der Waals surface area contributed by atoms with Crippen molar-refractivity contribution in [3.8, 4) is 0 Å². The van der Waals surface area contributed by atoms with Gasteiger partial charge < -0.3 is 4.90 Å². The van der Waals surface area contributed by atoms with Crippen molar-refractivity contribution in [2.24, 2.45) is 5.92 Å². The lowest BCUT2D eigenvalue weighted by atomic mass is 10.1. The Morgan fingerprint density at radius 3 is 2.22 bits per heavy atom. The van der Waals surface area contributed by atoms with Gasteiger partial charge in [-0.2, -0.15) is 0 Å². The average Bonchev–Trinajstić information content (AvgIpc) is 2.33. The second-order valence-corrected chi connectivity index (χ2v) is 4.45. The summed E-state index contributed by atoms with van der Waals surface area (Å²) in [6.45, 7) is 4.44. The van der Waals surface area contributed by atoms with Crippen molar-refractivity contribution in [3.05, 3.63) is 35.1 Å². The van der Waals surface area contributed by atoms with Gasteiger partial charge >= 0.3 is 0 Å². The number of halogens is 3. The molecule has 1 unspecified atom stereocenters. The minimum atomic E-state index is -1.56. The summed E-state index contributed by atoms with van der Waals surface area (Å²) >= 11 is 0. The van der Waals surface area contributed by atoms with Crippen LogP contribution in [0.15, 0.2) is 12.1 Å². The van der Waals surface area contributed by atoms with E-state index in [2.05, 4.69) is 0 Å². The van der Waals surface area contributed by atoms with E-state index in [1.54, 1.807) is 7.05 Å². The zero-order valence-corrected chi connectivity index (χ0v) is 10.6. The highest BCUT2D eigenvalue weighted by Crippen LogP contribution is 2.15. The van der Waals surface area contributed by atoms with Crippen LogP contribution in [0.3, 0.4) is 0 Å². The normalized spacial score (nSPS) is 12.3. The van der Waals surface area contributed by atoms with Crippen molar-refractivity contribution in [3.63, 3.8) is 0 Å². The number of hydrogen-bond acceptors (Lipinski definition) is 1. The monoisotopic (exact) mass is 259 g/mol. The van der Waals surface area contributed by atoms with Gasteiger partial charge in [0.15, 0.2) is 17.5 Å². The number of hydrogen-bond donors (Lipinski definition) is 0. The van der Waals surface area contributed by atoms with Crippen LogP contribution < -0.4 is 0 Å². The van der Waals surface area contributed by atoms with Gasteiger partial charge in [-0.3, -0.25) is 4.79 Å². The quantitative estimate of drug-likeness (QED) is 0.760. The van der Waals surface area contributed by atoms with E-state index in [-0.39, 0.29) is 11.5 Å². The maximum Gasteiger partial charge on any atom is 0.253 e. The van der Waals surface area contributed by atoms with E-state index in [9.17, 15) is 18.0 Å². The molecule has 0 saturated carbocycles. The molecule has 0 aromatic heterocycles. The molecule has 0 heterocycles. The molecule has 1 atom stereocenters. The minimum Gasteiger partial charge on any atom is -0.341 e. The van der Waals surface area contributed by atoms with E-state index < -0.39 is 23.4 Å². The highest BCUT2D eigenvalue weighted by molar-refractivity contribution is 5.94. The molecule has 0 N–H and O–H groups in total. The summed E-state index contributed by atoms with van der Waals surface area (Å²) in [4.78, 5) is 13.3. The second kappa shape index (κ2) is 5.89. The first-order chi connectivity index (χ1) is 8.36. The molecule has 0 fully saturated rings. The summed E-state index contributed by atoms with van der Waals surface area (Å²) in [5.74, 6) is -4.50. The van der Waals surface area contributed by atoms with Crippen LogP contribution in [0.4, 0.5) is 13.2 Å². The van der Waals surface area contributed by atoms with Gasteiger partial charge in [-0.25, -0.2) is 13.2 Å². The maximum atomic E-state index is 13.0. The zero-order valence-electron chi connectivity index (χ0n) is 10.6. The maximum absolute atomic E-state index is 13.0. The minimum absolute atomic E-state index is 0.183. The van der Waals surface area contributed by atoms with Crippen molar-refractivity contribution in [1.82, 2.24) is 4.90 Å². The van der Waals surface area contributed by atoms with Gasteiger partial charge in [0, 0.05) is 19.2 Å². The van der Waals surface area contributed by atoms with Crippen molar-refractivity contribution in [1.29, 1.82) is 0 Å². The third-order valence-corrected chi connectivity index (χ3v) is 2.86. The summed E-state index contributed by atoms with van der Waals surface area (Å²) in [5.41, 5.74) is -0.183. The number of carbonyl (C=O) groups excluding carboxylic acids is 1. The molecule has 1 aromatic rings. The summed E-state index contributed by atoms with van der Waals surface area (Å²) in [6.07, 6.45) is 0.893. The number of nitrogens with zero attached hydrogens (tertiary/aromatic N) is 1. The first kappa shape index (κ1) is 14.5. The summed E-state index contributed by atoms with van der Waals surface area (Å²) < 4.78 is 38.8. The van der Waals surface area contributed by atoms with E-state index in [1.165, 1.54) is 4.90 Å². The average molecular weight is 259 g/mol. The van der Waals surface area contributed by atoms with Gasteiger partial charge in [-0.15, -0.1) is 0 Å². The molecule has 0 radical (unpaired) electrons. The third kappa shape index (κ3) is 3.24. The molecule has 0 aliphatic carbocycles. The molecule has 0 saturated heterocycles. The smallest absolute Gasteiger partial charge is 0.253 e. The molecular weight excluding hydrogens is 243 g/mol. The van der Waals surface area contributed by atoms with Crippen LogP contribution >= 0.6 is 0 Å². The molecule has 100 valence electrons. The molecule has 5 heteroatoms. The van der Waals surface area contributed by atoms with E-state index in [0.29, 0.717) is 18.7 Å². The van der Waals surface area contributed by atoms with Crippen molar-refractivity contribution in [2.45, 2.75) is 20.3 Å². The molecule has 0 aliphatic rings. The van der Waals surface area contributed by atoms with Crippen LogP contribution in [-0.4, -0.2) is 24.4 Å². The first-order valence-electron chi connectivity index (χ1n) is 5.76. The van der Waals surface area contributed by atoms with Gasteiger partial charge in [-0.1, -0.05) is 20.3 Å². The van der Waals surface area contributed by atoms with E-state index >= 15 is 0 Å². The van der Waals surface area contributed by atoms with E-state index in [4.69, 9.17) is 0 Å². The lowest BCUT2D eigenvalue weighted by Crippen LogP contribution is -2.31. The fourth-order valence-corrected chi connectivity index (χ4v) is 1.58. The lowest BCUT2D eigenvalue weighted by molar-refractivity contribution is 0.0773. The molecule has 18 heavy (non-hydrogen) atoms. The van der Waals surface area contributed by atoms with Crippen LogP contribution in [0.2, 0.25) is 0 Å². The Balaban J connectivity index is 2.90. The second-order valence-electron chi connectivity index (χ2n) is 4.45. The number of carbonyl (C=O) groups is 1. The van der Waals surface area contributed by atoms with Crippen molar-refractivity contribution < 1.29 is 18.0 Å². The predicted molar refractivity (Wildman–Crippen MR) is 62.7 cm³/mol. The Morgan fingerprint density at radius 2 is 1.78 bits per heavy atom. The Kier molecular flexibility index (Phi) is 4.76. The molecule has 2 nitrogen and oxygen atoms in total. The number of benzene rings is 1. The largest absolute Gasteiger partial charge is 0.341 e. The van der Waals surface area contributed by atoms with Crippen LogP contribution in [0.1, 0.15) is 30.6 Å². The Labute approximate surface area is 104 Å². The van der Waals surface area contributed by atoms with E-state index in [0.717, 1.165) is 6.42 Å². The standard InChI is InChI=1S/C13H16F3NO/c1-4-8(2)7-17(3)13(18)9-5-10(14)12(16)11(15)6-9/h5-6,8H,4,7H2,1-3H3. The number of amides is 1. The van der Waals surface area contributed by atoms with E-state index in [1.807, 2.05) is 13.8 Å². The molecule has 0 aliphatic heterocycles. The molecule has 1 aromatic carbocycles. The Bertz CT molecular complexity index is 425. The topological polar surface area (TPSA) is 20.3 Å².